The maximum Gasteiger partial charge on any atom is 0.279 e. The minimum absolute atomic E-state index is 0.0269. The summed E-state index contributed by atoms with van der Waals surface area (Å²) in [4.78, 5) is 0. The molecule has 1 aliphatic rings. The molecule has 1 rings (SSSR count). The molecule has 12 heavy (non-hydrogen) atoms. The number of nitrogens with zero attached hydrogens (tertiary/aromatic N) is 1. The van der Waals surface area contributed by atoms with E-state index in [4.69, 9.17) is 0 Å². The second kappa shape index (κ2) is 2.97. The van der Waals surface area contributed by atoms with Crippen LogP contribution in [0, 0.1) is 5.41 Å². The first kappa shape index (κ1) is 9.95. The number of nitrogens with one attached hydrogen (secondary N) is 1. The largest absolute Gasteiger partial charge is 0.279 e. The number of hydrogen-bond acceptors (Lipinski definition) is 2. The van der Waals surface area contributed by atoms with Crippen molar-refractivity contribution < 1.29 is 8.42 Å². The van der Waals surface area contributed by atoms with E-state index in [2.05, 4.69) is 4.72 Å². The van der Waals surface area contributed by atoms with E-state index in [0.29, 0.717) is 19.6 Å². The third-order valence-electron chi connectivity index (χ3n) is 1.64. The molecule has 0 radical (unpaired) electrons. The molecule has 4 nitrogen and oxygen atoms in total. The first-order valence-electron chi connectivity index (χ1n) is 4.06. The molecule has 0 atom stereocenters. The van der Waals surface area contributed by atoms with Crippen LogP contribution in [0.1, 0.15) is 20.8 Å². The minimum Gasteiger partial charge on any atom is -0.201 e. The van der Waals surface area contributed by atoms with Crippen molar-refractivity contribution in [3.05, 3.63) is 0 Å². The molecule has 0 bridgehead atoms. The van der Waals surface area contributed by atoms with Gasteiger partial charge < -0.3 is 0 Å². The molecular formula is C7H16N2O2S. The van der Waals surface area contributed by atoms with Crippen LogP contribution in [0.5, 0.6) is 0 Å². The van der Waals surface area contributed by atoms with E-state index >= 15 is 0 Å². The van der Waals surface area contributed by atoms with Crippen LogP contribution < -0.4 is 4.72 Å². The van der Waals surface area contributed by atoms with Gasteiger partial charge in [-0.15, -0.1) is 0 Å². The van der Waals surface area contributed by atoms with Gasteiger partial charge in [-0.05, 0) is 5.41 Å². The lowest BCUT2D eigenvalue weighted by molar-refractivity contribution is 0.297. The van der Waals surface area contributed by atoms with Crippen molar-refractivity contribution in [3.8, 4) is 0 Å². The molecular weight excluding hydrogens is 176 g/mol. The van der Waals surface area contributed by atoms with Gasteiger partial charge in [-0.3, -0.25) is 0 Å². The fraction of sp³-hybridized carbons (Fsp3) is 1.00. The number of rotatable bonds is 1. The summed E-state index contributed by atoms with van der Waals surface area (Å²) < 4.78 is 26.5. The molecule has 1 aliphatic heterocycles. The Morgan fingerprint density at radius 1 is 1.42 bits per heavy atom. The Labute approximate surface area is 74.1 Å². The molecule has 0 aromatic carbocycles. The maximum atomic E-state index is 11.3. The molecule has 5 heteroatoms. The van der Waals surface area contributed by atoms with Crippen LogP contribution in [0.15, 0.2) is 0 Å². The first-order valence-corrected chi connectivity index (χ1v) is 5.50. The molecule has 0 saturated carbocycles. The molecule has 1 saturated heterocycles. The molecule has 0 amide bonds. The summed E-state index contributed by atoms with van der Waals surface area (Å²) in [6, 6.07) is 0. The topological polar surface area (TPSA) is 49.4 Å². The second-order valence-corrected chi connectivity index (χ2v) is 6.05. The Bertz CT molecular complexity index is 253. The van der Waals surface area contributed by atoms with Gasteiger partial charge >= 0.3 is 0 Å². The van der Waals surface area contributed by atoms with Gasteiger partial charge in [0, 0.05) is 19.6 Å². The Hall–Kier alpha value is -0.130. The third-order valence-corrected chi connectivity index (χ3v) is 3.20. The summed E-state index contributed by atoms with van der Waals surface area (Å²) in [6.45, 7) is 7.81. The van der Waals surface area contributed by atoms with Crippen molar-refractivity contribution in [2.75, 3.05) is 19.6 Å². The second-order valence-electron chi connectivity index (χ2n) is 4.29. The summed E-state index contributed by atoms with van der Waals surface area (Å²) in [5, 5.41) is 0. The van der Waals surface area contributed by atoms with Gasteiger partial charge in [0.05, 0.1) is 0 Å². The van der Waals surface area contributed by atoms with Crippen LogP contribution in [0.2, 0.25) is 0 Å². The zero-order chi connectivity index (χ0) is 9.41. The Morgan fingerprint density at radius 3 is 2.33 bits per heavy atom. The molecule has 0 unspecified atom stereocenters. The van der Waals surface area contributed by atoms with Crippen molar-refractivity contribution in [2.45, 2.75) is 20.8 Å². The van der Waals surface area contributed by atoms with Crippen molar-refractivity contribution in [2.24, 2.45) is 5.41 Å². The summed E-state index contributed by atoms with van der Waals surface area (Å²) >= 11 is 0. The van der Waals surface area contributed by atoms with Gasteiger partial charge in [0.25, 0.3) is 10.2 Å². The predicted octanol–water partition coefficient (Wildman–Crippen LogP) is 0.183. The van der Waals surface area contributed by atoms with Gasteiger partial charge in [-0.2, -0.15) is 12.7 Å². The molecule has 1 heterocycles. The van der Waals surface area contributed by atoms with Crippen LogP contribution >= 0.6 is 0 Å². The van der Waals surface area contributed by atoms with Gasteiger partial charge in [0.15, 0.2) is 0 Å². The fourth-order valence-electron chi connectivity index (χ4n) is 1.20. The summed E-state index contributed by atoms with van der Waals surface area (Å²) in [6.07, 6.45) is 0. The molecule has 72 valence electrons. The summed E-state index contributed by atoms with van der Waals surface area (Å²) in [5.74, 6) is 0. The van der Waals surface area contributed by atoms with E-state index in [-0.39, 0.29) is 5.41 Å². The zero-order valence-electron chi connectivity index (χ0n) is 7.79. The molecule has 0 spiro atoms. The fourth-order valence-corrected chi connectivity index (χ4v) is 2.62. The molecule has 0 aromatic rings. The first-order chi connectivity index (χ1) is 5.31. The van der Waals surface area contributed by atoms with Crippen molar-refractivity contribution in [1.29, 1.82) is 0 Å². The maximum absolute atomic E-state index is 11.3. The lowest BCUT2D eigenvalue weighted by Gasteiger charge is -2.24. The molecule has 0 aromatic heterocycles. The smallest absolute Gasteiger partial charge is 0.201 e. The molecule has 0 aliphatic carbocycles. The van der Waals surface area contributed by atoms with Gasteiger partial charge in [0.1, 0.15) is 0 Å². The van der Waals surface area contributed by atoms with Crippen LogP contribution in [0.25, 0.3) is 0 Å². The summed E-state index contributed by atoms with van der Waals surface area (Å²) in [7, 11) is -3.14. The van der Waals surface area contributed by atoms with E-state index in [1.807, 2.05) is 20.8 Å². The Kier molecular flexibility index (Phi) is 2.47. The van der Waals surface area contributed by atoms with Gasteiger partial charge in [0.2, 0.25) is 0 Å². The van der Waals surface area contributed by atoms with Crippen molar-refractivity contribution >= 4 is 10.2 Å². The van der Waals surface area contributed by atoms with E-state index in [0.717, 1.165) is 0 Å². The normalized spacial score (nSPS) is 24.6. The van der Waals surface area contributed by atoms with E-state index in [9.17, 15) is 8.42 Å². The van der Waals surface area contributed by atoms with E-state index in [1.54, 1.807) is 0 Å². The highest BCUT2D eigenvalue weighted by atomic mass is 32.2. The predicted molar refractivity (Wildman–Crippen MR) is 48.0 cm³/mol. The number of hydrogen-bond donors (Lipinski definition) is 1. The quantitative estimate of drug-likeness (QED) is 0.644. The van der Waals surface area contributed by atoms with Crippen LogP contribution in [0.3, 0.4) is 0 Å². The molecule has 1 fully saturated rings. The molecule has 1 N–H and O–H groups in total. The van der Waals surface area contributed by atoms with Crippen LogP contribution in [-0.2, 0) is 10.2 Å². The Balaban J connectivity index is 2.66. The van der Waals surface area contributed by atoms with Crippen LogP contribution in [0.4, 0.5) is 0 Å². The minimum atomic E-state index is -3.14. The van der Waals surface area contributed by atoms with E-state index in [1.165, 1.54) is 4.31 Å². The highest BCUT2D eigenvalue weighted by molar-refractivity contribution is 7.87. The highest BCUT2D eigenvalue weighted by Crippen LogP contribution is 2.18. The van der Waals surface area contributed by atoms with Gasteiger partial charge in [-0.1, -0.05) is 20.8 Å². The van der Waals surface area contributed by atoms with Crippen molar-refractivity contribution in [1.82, 2.24) is 9.03 Å². The zero-order valence-corrected chi connectivity index (χ0v) is 8.61. The lowest BCUT2D eigenvalue weighted by Crippen LogP contribution is -2.36. The average Bonchev–Trinajstić information content (AvgIpc) is 2.07. The Morgan fingerprint density at radius 2 is 2.00 bits per heavy atom. The SMILES string of the molecule is CC(C)(C)CN1CCNS1(=O)=O. The van der Waals surface area contributed by atoms with Gasteiger partial charge in [-0.25, -0.2) is 4.72 Å². The third kappa shape index (κ3) is 2.43. The van der Waals surface area contributed by atoms with Crippen molar-refractivity contribution in [3.63, 3.8) is 0 Å². The van der Waals surface area contributed by atoms with Crippen LogP contribution in [-0.4, -0.2) is 32.4 Å². The van der Waals surface area contributed by atoms with E-state index < -0.39 is 10.2 Å². The highest BCUT2D eigenvalue weighted by Gasteiger charge is 2.30. The average molecular weight is 192 g/mol. The standard InChI is InChI=1S/C7H16N2O2S/c1-7(2,3)6-9-5-4-8-12(9,10)11/h8H,4-6H2,1-3H3. The monoisotopic (exact) mass is 192 g/mol. The lowest BCUT2D eigenvalue weighted by atomic mass is 9.97. The summed E-state index contributed by atoms with van der Waals surface area (Å²) in [5.41, 5.74) is 0.0269.